The highest BCUT2D eigenvalue weighted by atomic mass is 79.9. The van der Waals surface area contributed by atoms with Crippen molar-refractivity contribution in [1.29, 1.82) is 0 Å². The van der Waals surface area contributed by atoms with Crippen LogP contribution in [-0.4, -0.2) is 18.2 Å². The monoisotopic (exact) mass is 382 g/mol. The van der Waals surface area contributed by atoms with Crippen LogP contribution in [0.4, 0.5) is 8.78 Å². The summed E-state index contributed by atoms with van der Waals surface area (Å²) in [6.07, 6.45) is 0. The van der Waals surface area contributed by atoms with Gasteiger partial charge in [-0.1, -0.05) is 24.3 Å². The smallest absolute Gasteiger partial charge is 0.387 e. The molecule has 0 aromatic heterocycles. The summed E-state index contributed by atoms with van der Waals surface area (Å²) in [5, 5.41) is 3.99. The molecule has 23 heavy (non-hydrogen) atoms. The predicted octanol–water partition coefficient (Wildman–Crippen LogP) is 4.20. The molecule has 0 saturated carbocycles. The lowest BCUT2D eigenvalue weighted by Crippen LogP contribution is -2.19. The Morgan fingerprint density at radius 3 is 2.65 bits per heavy atom. The third kappa shape index (κ3) is 4.85. The zero-order valence-electron chi connectivity index (χ0n) is 12.1. The van der Waals surface area contributed by atoms with Gasteiger partial charge in [-0.05, 0) is 47.1 Å². The lowest BCUT2D eigenvalue weighted by Gasteiger charge is -2.07. The van der Waals surface area contributed by atoms with Crippen molar-refractivity contribution in [2.45, 2.75) is 13.5 Å². The molecule has 0 bridgehead atoms. The van der Waals surface area contributed by atoms with Crippen molar-refractivity contribution in [3.8, 4) is 5.75 Å². The van der Waals surface area contributed by atoms with Gasteiger partial charge in [0.2, 0.25) is 0 Å². The van der Waals surface area contributed by atoms with Crippen LogP contribution in [0.15, 0.2) is 58.1 Å². The molecule has 2 aromatic rings. The van der Waals surface area contributed by atoms with E-state index in [-0.39, 0.29) is 11.7 Å². The number of carbonyl (C=O) groups is 1. The third-order valence-electron chi connectivity index (χ3n) is 2.92. The number of nitrogens with zero attached hydrogens (tertiary/aromatic N) is 1. The molecule has 0 heterocycles. The lowest BCUT2D eigenvalue weighted by atomic mass is 10.1. The average molecular weight is 383 g/mol. The van der Waals surface area contributed by atoms with Gasteiger partial charge in [0, 0.05) is 10.0 Å². The number of nitrogens with one attached hydrogen (secondary N) is 1. The van der Waals surface area contributed by atoms with Crippen molar-refractivity contribution in [3.63, 3.8) is 0 Å². The Hall–Kier alpha value is -2.28. The molecule has 4 nitrogen and oxygen atoms in total. The van der Waals surface area contributed by atoms with E-state index >= 15 is 0 Å². The van der Waals surface area contributed by atoms with Crippen molar-refractivity contribution in [1.82, 2.24) is 5.43 Å². The van der Waals surface area contributed by atoms with Crippen LogP contribution in [0.25, 0.3) is 0 Å². The SMILES string of the molecule is C/C(=N/NC(=O)c1ccccc1Br)c1cccc(OC(F)F)c1. The predicted molar refractivity (Wildman–Crippen MR) is 86.9 cm³/mol. The second-order valence-electron chi connectivity index (χ2n) is 4.52. The fourth-order valence-electron chi connectivity index (χ4n) is 1.80. The van der Waals surface area contributed by atoms with E-state index < -0.39 is 6.61 Å². The Balaban J connectivity index is 2.11. The summed E-state index contributed by atoms with van der Waals surface area (Å²) < 4.78 is 29.4. The third-order valence-corrected chi connectivity index (χ3v) is 3.61. The van der Waals surface area contributed by atoms with E-state index in [4.69, 9.17) is 0 Å². The summed E-state index contributed by atoms with van der Waals surface area (Å²) in [6.45, 7) is -1.24. The fourth-order valence-corrected chi connectivity index (χ4v) is 2.27. The van der Waals surface area contributed by atoms with E-state index in [1.165, 1.54) is 12.1 Å². The van der Waals surface area contributed by atoms with Crippen LogP contribution in [0, 0.1) is 0 Å². The molecule has 0 atom stereocenters. The first-order chi connectivity index (χ1) is 11.0. The molecule has 0 unspecified atom stereocenters. The van der Waals surface area contributed by atoms with Gasteiger partial charge in [-0.15, -0.1) is 0 Å². The number of hydrazone groups is 1. The van der Waals surface area contributed by atoms with E-state index in [9.17, 15) is 13.6 Å². The highest BCUT2D eigenvalue weighted by molar-refractivity contribution is 9.10. The summed E-state index contributed by atoms with van der Waals surface area (Å²) in [4.78, 5) is 12.0. The minimum atomic E-state index is -2.89. The molecule has 0 aliphatic carbocycles. The van der Waals surface area contributed by atoms with Gasteiger partial charge in [-0.2, -0.15) is 13.9 Å². The van der Waals surface area contributed by atoms with Gasteiger partial charge < -0.3 is 4.74 Å². The second-order valence-corrected chi connectivity index (χ2v) is 5.38. The van der Waals surface area contributed by atoms with E-state index in [1.807, 2.05) is 0 Å². The number of hydrogen-bond acceptors (Lipinski definition) is 3. The van der Waals surface area contributed by atoms with Crippen LogP contribution in [0.5, 0.6) is 5.75 Å². The van der Waals surface area contributed by atoms with Crippen molar-refractivity contribution in [2.24, 2.45) is 5.10 Å². The molecule has 7 heteroatoms. The highest BCUT2D eigenvalue weighted by Crippen LogP contribution is 2.17. The first-order valence-electron chi connectivity index (χ1n) is 6.62. The van der Waals surface area contributed by atoms with Gasteiger partial charge in [0.15, 0.2) is 0 Å². The van der Waals surface area contributed by atoms with Crippen molar-refractivity contribution in [3.05, 3.63) is 64.1 Å². The summed E-state index contributed by atoms with van der Waals surface area (Å²) >= 11 is 3.28. The maximum Gasteiger partial charge on any atom is 0.387 e. The molecule has 0 aliphatic heterocycles. The van der Waals surface area contributed by atoms with Crippen LogP contribution in [0.3, 0.4) is 0 Å². The maximum absolute atomic E-state index is 12.2. The lowest BCUT2D eigenvalue weighted by molar-refractivity contribution is -0.0498. The Labute approximate surface area is 140 Å². The zero-order valence-corrected chi connectivity index (χ0v) is 13.7. The van der Waals surface area contributed by atoms with Gasteiger partial charge in [-0.3, -0.25) is 4.79 Å². The molecule has 0 spiro atoms. The second kappa shape index (κ2) is 7.82. The largest absolute Gasteiger partial charge is 0.435 e. The van der Waals surface area contributed by atoms with Crippen LogP contribution < -0.4 is 10.2 Å². The number of benzene rings is 2. The Morgan fingerprint density at radius 1 is 1.22 bits per heavy atom. The maximum atomic E-state index is 12.2. The van der Waals surface area contributed by atoms with Crippen LogP contribution in [0.1, 0.15) is 22.8 Å². The minimum absolute atomic E-state index is 0.0316. The van der Waals surface area contributed by atoms with E-state index in [2.05, 4.69) is 31.2 Å². The summed E-state index contributed by atoms with van der Waals surface area (Å²) in [7, 11) is 0. The van der Waals surface area contributed by atoms with Gasteiger partial charge in [0.1, 0.15) is 5.75 Å². The van der Waals surface area contributed by atoms with Gasteiger partial charge in [0.25, 0.3) is 5.91 Å². The molecule has 0 radical (unpaired) electrons. The molecule has 0 aliphatic rings. The number of hydrogen-bond donors (Lipinski definition) is 1. The van der Waals surface area contributed by atoms with Crippen LogP contribution in [-0.2, 0) is 0 Å². The minimum Gasteiger partial charge on any atom is -0.435 e. The quantitative estimate of drug-likeness (QED) is 0.622. The van der Waals surface area contributed by atoms with Crippen molar-refractivity contribution in [2.75, 3.05) is 0 Å². The average Bonchev–Trinajstić information content (AvgIpc) is 2.52. The van der Waals surface area contributed by atoms with Gasteiger partial charge in [-0.25, -0.2) is 5.43 Å². The molecule has 2 aromatic carbocycles. The standard InChI is InChI=1S/C16H13BrF2N2O2/c1-10(11-5-4-6-12(9-11)23-16(18)19)20-21-15(22)13-7-2-3-8-14(13)17/h2-9,16H,1H3,(H,21,22)/b20-10-. The molecule has 1 amide bonds. The first-order valence-corrected chi connectivity index (χ1v) is 7.41. The Morgan fingerprint density at radius 2 is 1.96 bits per heavy atom. The fraction of sp³-hybridized carbons (Fsp3) is 0.125. The topological polar surface area (TPSA) is 50.7 Å². The number of halogens is 3. The molecule has 0 fully saturated rings. The molecule has 2 rings (SSSR count). The Kier molecular flexibility index (Phi) is 5.81. The van der Waals surface area contributed by atoms with E-state index in [0.29, 0.717) is 21.3 Å². The van der Waals surface area contributed by atoms with Crippen molar-refractivity contribution < 1.29 is 18.3 Å². The zero-order chi connectivity index (χ0) is 16.8. The summed E-state index contributed by atoms with van der Waals surface area (Å²) in [6, 6.07) is 13.0. The van der Waals surface area contributed by atoms with E-state index in [0.717, 1.165) is 0 Å². The number of carbonyl (C=O) groups excluding carboxylic acids is 1. The van der Waals surface area contributed by atoms with Crippen molar-refractivity contribution >= 4 is 27.5 Å². The van der Waals surface area contributed by atoms with Gasteiger partial charge >= 0.3 is 6.61 Å². The summed E-state index contributed by atoms with van der Waals surface area (Å²) in [5.74, 6) is -0.346. The molecule has 0 saturated heterocycles. The van der Waals surface area contributed by atoms with Crippen LogP contribution in [0.2, 0.25) is 0 Å². The van der Waals surface area contributed by atoms with E-state index in [1.54, 1.807) is 43.3 Å². The molecular formula is C16H13BrF2N2O2. The van der Waals surface area contributed by atoms with Crippen LogP contribution >= 0.6 is 15.9 Å². The number of amides is 1. The first kappa shape index (κ1) is 17.1. The summed E-state index contributed by atoms with van der Waals surface area (Å²) in [5.41, 5.74) is 3.90. The number of rotatable bonds is 5. The highest BCUT2D eigenvalue weighted by Gasteiger charge is 2.09. The molecular weight excluding hydrogens is 370 g/mol. The normalized spacial score (nSPS) is 11.4. The van der Waals surface area contributed by atoms with Gasteiger partial charge in [0.05, 0.1) is 11.3 Å². The molecule has 1 N–H and O–H groups in total. The molecule has 120 valence electrons. The number of ether oxygens (including phenoxy) is 1. The number of alkyl halides is 2. The Bertz CT molecular complexity index is 736.